The number of allylic oxidation sites excluding steroid dienone is 1. The second-order valence-electron chi connectivity index (χ2n) is 12.1. The van der Waals surface area contributed by atoms with E-state index in [1.54, 1.807) is 18.3 Å². The first kappa shape index (κ1) is 33.7. The number of hydrazine groups is 1. The Morgan fingerprint density at radius 1 is 1.05 bits per heavy atom. The van der Waals surface area contributed by atoms with Crippen LogP contribution in [-0.4, -0.2) is 31.7 Å². The molecule has 0 amide bonds. The molecule has 3 aromatic rings. The van der Waals surface area contributed by atoms with E-state index in [-0.39, 0.29) is 5.78 Å². The topological polar surface area (TPSA) is 95.1 Å². The van der Waals surface area contributed by atoms with Gasteiger partial charge in [-0.3, -0.25) is 15.1 Å². The minimum absolute atomic E-state index is 0.160. The van der Waals surface area contributed by atoms with Crippen LogP contribution < -0.4 is 16.2 Å². The Bertz CT molecular complexity index is 1330. The van der Waals surface area contributed by atoms with Gasteiger partial charge in [0.1, 0.15) is 5.82 Å². The highest BCUT2D eigenvalue weighted by Crippen LogP contribution is 2.28. The molecule has 2 aromatic heterocycles. The average Bonchev–Trinajstić information content (AvgIpc) is 3.38. The predicted octanol–water partition coefficient (Wildman–Crippen LogP) is 8.27. The van der Waals surface area contributed by atoms with Gasteiger partial charge < -0.3 is 10.7 Å². The van der Waals surface area contributed by atoms with Gasteiger partial charge in [-0.05, 0) is 81.3 Å². The van der Waals surface area contributed by atoms with E-state index in [2.05, 4.69) is 97.4 Å². The van der Waals surface area contributed by atoms with Crippen molar-refractivity contribution >= 4 is 23.2 Å². The van der Waals surface area contributed by atoms with Crippen molar-refractivity contribution in [1.82, 2.24) is 25.3 Å². The van der Waals surface area contributed by atoms with Crippen molar-refractivity contribution in [3.8, 4) is 0 Å². The van der Waals surface area contributed by atoms with E-state index in [1.165, 1.54) is 41.6 Å². The molecule has 0 radical (unpaired) electrons. The van der Waals surface area contributed by atoms with Crippen LogP contribution in [0.1, 0.15) is 106 Å². The maximum Gasteiger partial charge on any atom is 0.227 e. The van der Waals surface area contributed by atoms with Crippen LogP contribution in [0.4, 0.5) is 17.5 Å². The Kier molecular flexibility index (Phi) is 13.1. The molecule has 0 unspecified atom stereocenters. The third-order valence-electron chi connectivity index (χ3n) is 7.28. The number of hydrogen-bond acceptors (Lipinski definition) is 8. The number of carbonyl (C=O) groups excluding carboxylic acids is 1. The van der Waals surface area contributed by atoms with Crippen LogP contribution >= 0.6 is 0 Å². The summed E-state index contributed by atoms with van der Waals surface area (Å²) in [6.07, 6.45) is 9.92. The van der Waals surface area contributed by atoms with E-state index >= 15 is 0 Å². The molecule has 4 rings (SSSR count). The summed E-state index contributed by atoms with van der Waals surface area (Å²) in [4.78, 5) is 27.9. The lowest BCUT2D eigenvalue weighted by Crippen LogP contribution is -2.31. The zero-order valence-electron chi connectivity index (χ0n) is 27.3. The number of Topliss-reactive ketones (excluding diaryl/α,β-unsaturated/α-hetero) is 1. The summed E-state index contributed by atoms with van der Waals surface area (Å²) >= 11 is 0. The minimum Gasteiger partial charge on any atom is -0.324 e. The molecule has 43 heavy (non-hydrogen) atoms. The fourth-order valence-corrected chi connectivity index (χ4v) is 5.32. The molecule has 0 saturated carbocycles. The lowest BCUT2D eigenvalue weighted by Gasteiger charge is -2.28. The molecule has 0 spiro atoms. The molecular formula is C35H51N7O. The molecule has 8 heteroatoms. The molecule has 1 atom stereocenters. The van der Waals surface area contributed by atoms with Gasteiger partial charge in [0, 0.05) is 60.5 Å². The highest BCUT2D eigenvalue weighted by molar-refractivity contribution is 5.96. The lowest BCUT2D eigenvalue weighted by molar-refractivity contribution is 0.0979. The van der Waals surface area contributed by atoms with Gasteiger partial charge in [-0.2, -0.15) is 0 Å². The zero-order chi connectivity index (χ0) is 31.4. The number of benzene rings is 1. The van der Waals surface area contributed by atoms with Crippen LogP contribution in [0.15, 0.2) is 55.0 Å². The van der Waals surface area contributed by atoms with Crippen molar-refractivity contribution in [3.63, 3.8) is 0 Å². The number of aromatic nitrogens is 3. The second kappa shape index (κ2) is 16.8. The first-order valence-electron chi connectivity index (χ1n) is 15.7. The molecule has 0 saturated heterocycles. The number of fused-ring (bicyclic) bond motifs is 1. The minimum atomic E-state index is 0.160. The number of nitrogens with one attached hydrogen (secondary N) is 3. The maximum atomic E-state index is 11.8. The SMILES string of the molecule is C=C(C)NNc1cc(C(=O)CCCC)ccn1.CCC[C@H](CC(C)C)N1Cc2cnc(Nc3cc(C)cc(C)c3)nc2C1. The van der Waals surface area contributed by atoms with Crippen LogP contribution in [0.25, 0.3) is 0 Å². The van der Waals surface area contributed by atoms with E-state index in [4.69, 9.17) is 4.98 Å². The monoisotopic (exact) mass is 585 g/mol. The molecular weight excluding hydrogens is 534 g/mol. The van der Waals surface area contributed by atoms with E-state index in [0.717, 1.165) is 43.2 Å². The Balaban J connectivity index is 0.000000259. The fraction of sp³-hybridized carbons (Fsp3) is 0.486. The van der Waals surface area contributed by atoms with Crippen LogP contribution in [0, 0.1) is 19.8 Å². The number of nitrogens with zero attached hydrogens (tertiary/aromatic N) is 4. The first-order chi connectivity index (χ1) is 20.6. The van der Waals surface area contributed by atoms with Crippen LogP contribution in [-0.2, 0) is 13.1 Å². The highest BCUT2D eigenvalue weighted by Gasteiger charge is 2.27. The number of aryl methyl sites for hydroxylation is 2. The number of hydrogen-bond donors (Lipinski definition) is 3. The van der Waals surface area contributed by atoms with Crippen molar-refractivity contribution in [2.45, 2.75) is 106 Å². The van der Waals surface area contributed by atoms with Crippen molar-refractivity contribution in [2.75, 3.05) is 10.7 Å². The molecule has 8 nitrogen and oxygen atoms in total. The number of ketones is 1. The van der Waals surface area contributed by atoms with Gasteiger partial charge in [-0.15, -0.1) is 0 Å². The lowest BCUT2D eigenvalue weighted by atomic mass is 9.99. The second-order valence-corrected chi connectivity index (χ2v) is 12.1. The van der Waals surface area contributed by atoms with Crippen molar-refractivity contribution in [2.24, 2.45) is 5.92 Å². The fourth-order valence-electron chi connectivity index (χ4n) is 5.32. The van der Waals surface area contributed by atoms with Crippen LogP contribution in [0.5, 0.6) is 0 Å². The molecule has 3 heterocycles. The Labute approximate surface area is 258 Å². The van der Waals surface area contributed by atoms with E-state index in [1.807, 2.05) is 13.1 Å². The molecule has 1 aliphatic rings. The molecule has 1 aliphatic heterocycles. The maximum absolute atomic E-state index is 11.8. The molecule has 0 fully saturated rings. The van der Waals surface area contributed by atoms with E-state index < -0.39 is 0 Å². The van der Waals surface area contributed by atoms with Gasteiger partial charge in [-0.1, -0.05) is 53.2 Å². The van der Waals surface area contributed by atoms with E-state index in [0.29, 0.717) is 29.8 Å². The van der Waals surface area contributed by atoms with Gasteiger partial charge in [-0.25, -0.2) is 15.0 Å². The van der Waals surface area contributed by atoms with Crippen molar-refractivity contribution in [1.29, 1.82) is 0 Å². The van der Waals surface area contributed by atoms with Gasteiger partial charge in [0.05, 0.1) is 5.69 Å². The number of carbonyl (C=O) groups is 1. The van der Waals surface area contributed by atoms with Gasteiger partial charge in [0.2, 0.25) is 5.95 Å². The number of anilines is 3. The van der Waals surface area contributed by atoms with E-state index in [9.17, 15) is 4.79 Å². The molecule has 1 aromatic carbocycles. The average molecular weight is 586 g/mol. The summed E-state index contributed by atoms with van der Waals surface area (Å²) in [5.74, 6) is 2.21. The first-order valence-corrected chi connectivity index (χ1v) is 15.7. The van der Waals surface area contributed by atoms with Crippen LogP contribution in [0.3, 0.4) is 0 Å². The highest BCUT2D eigenvalue weighted by atomic mass is 16.1. The van der Waals surface area contributed by atoms with Crippen LogP contribution in [0.2, 0.25) is 0 Å². The summed E-state index contributed by atoms with van der Waals surface area (Å²) in [6.45, 7) is 20.7. The third kappa shape index (κ3) is 11.1. The number of rotatable bonds is 14. The molecule has 3 N–H and O–H groups in total. The predicted molar refractivity (Wildman–Crippen MR) is 178 cm³/mol. The Morgan fingerprint density at radius 3 is 2.44 bits per heavy atom. The van der Waals surface area contributed by atoms with Crippen molar-refractivity contribution in [3.05, 3.63) is 82.9 Å². The summed E-state index contributed by atoms with van der Waals surface area (Å²) < 4.78 is 0. The number of unbranched alkanes of at least 4 members (excludes halogenated alkanes) is 1. The standard InChI is InChI=1S/C22H32N4.C13H19N3O/c1-6-7-20(8-15(2)3)26-13-18-12-23-22(25-21(18)14-26)24-19-10-16(4)9-17(5)11-19;1-4-5-6-12(17)11-7-8-14-13(9-11)16-15-10(2)3/h9-12,15,20H,6-8,13-14H2,1-5H3,(H,23,24,25);7-9,15H,2,4-6H2,1,3H3,(H,14,16)/t20-;/m1./s1. The third-order valence-corrected chi connectivity index (χ3v) is 7.28. The summed E-state index contributed by atoms with van der Waals surface area (Å²) in [7, 11) is 0. The number of pyridine rings is 1. The smallest absolute Gasteiger partial charge is 0.227 e. The molecule has 0 bridgehead atoms. The van der Waals surface area contributed by atoms with Gasteiger partial charge in [0.15, 0.2) is 5.78 Å². The summed E-state index contributed by atoms with van der Waals surface area (Å²) in [6, 6.07) is 10.6. The normalized spacial score (nSPS) is 13.1. The van der Waals surface area contributed by atoms with Gasteiger partial charge in [0.25, 0.3) is 0 Å². The van der Waals surface area contributed by atoms with Gasteiger partial charge >= 0.3 is 0 Å². The summed E-state index contributed by atoms with van der Waals surface area (Å²) in [5, 5.41) is 3.38. The Morgan fingerprint density at radius 2 is 1.79 bits per heavy atom. The Hall–Kier alpha value is -3.78. The quantitative estimate of drug-likeness (QED) is 0.129. The largest absolute Gasteiger partial charge is 0.324 e. The molecule has 232 valence electrons. The summed E-state index contributed by atoms with van der Waals surface area (Å²) in [5.41, 5.74) is 13.2. The zero-order valence-corrected chi connectivity index (χ0v) is 27.3. The molecule has 0 aliphatic carbocycles. The van der Waals surface area contributed by atoms with Crippen molar-refractivity contribution < 1.29 is 4.79 Å².